The molecule has 0 amide bonds. The van der Waals surface area contributed by atoms with Crippen molar-refractivity contribution in [2.45, 2.75) is 26.7 Å². The van der Waals surface area contributed by atoms with E-state index in [2.05, 4.69) is 4.99 Å². The number of aliphatic imine (C=N–C) groups is 1. The van der Waals surface area contributed by atoms with Gasteiger partial charge < -0.3 is 0 Å². The Bertz CT molecular complexity index is 271. The van der Waals surface area contributed by atoms with Gasteiger partial charge in [-0.3, -0.25) is 18.7 Å². The molecule has 0 bridgehead atoms. The maximum atomic E-state index is 12.4. The molecule has 0 aromatic rings. The first kappa shape index (κ1) is 12.7. The van der Waals surface area contributed by atoms with Gasteiger partial charge >= 0.3 is 7.75 Å². The van der Waals surface area contributed by atoms with Crippen molar-refractivity contribution in [2.24, 2.45) is 4.99 Å². The van der Waals surface area contributed by atoms with Crippen LogP contribution in [-0.2, 0) is 13.6 Å². The smallest absolute Gasteiger partial charge is 0.292 e. The topological polar surface area (TPSA) is 51.1 Å². The zero-order chi connectivity index (χ0) is 11.3. The second kappa shape index (κ2) is 5.64. The van der Waals surface area contributed by atoms with E-state index in [1.807, 2.05) is 13.8 Å². The third kappa shape index (κ3) is 2.80. The van der Waals surface area contributed by atoms with Gasteiger partial charge in [0.15, 0.2) is 0 Å². The van der Waals surface area contributed by atoms with Gasteiger partial charge in [0.1, 0.15) is 5.84 Å². The summed E-state index contributed by atoms with van der Waals surface area (Å²) in [4.78, 5) is 4.11. The molecule has 1 saturated heterocycles. The van der Waals surface area contributed by atoms with E-state index in [1.54, 1.807) is 11.7 Å². The summed E-state index contributed by atoms with van der Waals surface area (Å²) in [5.74, 6) is 0.820. The lowest BCUT2D eigenvalue weighted by Crippen LogP contribution is -2.24. The van der Waals surface area contributed by atoms with Gasteiger partial charge in [-0.2, -0.15) is 0 Å². The highest BCUT2D eigenvalue weighted by Gasteiger charge is 2.37. The molecule has 0 aliphatic carbocycles. The van der Waals surface area contributed by atoms with Crippen LogP contribution in [0, 0.1) is 0 Å². The lowest BCUT2D eigenvalue weighted by Gasteiger charge is -2.27. The van der Waals surface area contributed by atoms with Gasteiger partial charge in [0.05, 0.1) is 13.2 Å². The third-order valence-corrected chi connectivity index (χ3v) is 4.40. The minimum atomic E-state index is -3.14. The fourth-order valence-corrected chi connectivity index (χ4v) is 3.50. The Balaban J connectivity index is 2.83. The van der Waals surface area contributed by atoms with Crippen LogP contribution in [0.25, 0.3) is 0 Å². The predicted molar refractivity (Wildman–Crippen MR) is 60.2 cm³/mol. The first-order valence-electron chi connectivity index (χ1n) is 5.30. The standard InChI is InChI=1S/C9H19N2O3P/c1-4-13-15(12,14-5-2)11-8-6-7-9(11)10-3/h4-8H2,1-3H3. The molecule has 1 aliphatic rings. The second-order valence-corrected chi connectivity index (χ2v) is 5.11. The quantitative estimate of drug-likeness (QED) is 0.685. The molecule has 0 aromatic carbocycles. The van der Waals surface area contributed by atoms with Crippen LogP contribution in [0.15, 0.2) is 4.99 Å². The molecule has 0 unspecified atom stereocenters. The van der Waals surface area contributed by atoms with E-state index in [0.717, 1.165) is 18.7 Å². The zero-order valence-corrected chi connectivity index (χ0v) is 10.5. The van der Waals surface area contributed by atoms with E-state index in [0.29, 0.717) is 19.8 Å². The average molecular weight is 234 g/mol. The van der Waals surface area contributed by atoms with Crippen molar-refractivity contribution in [1.82, 2.24) is 4.67 Å². The molecule has 0 atom stereocenters. The van der Waals surface area contributed by atoms with E-state index in [4.69, 9.17) is 9.05 Å². The Hall–Kier alpha value is -0.380. The van der Waals surface area contributed by atoms with Crippen LogP contribution in [0.3, 0.4) is 0 Å². The summed E-state index contributed by atoms with van der Waals surface area (Å²) in [6.07, 6.45) is 1.80. The first-order chi connectivity index (χ1) is 7.18. The van der Waals surface area contributed by atoms with Gasteiger partial charge in [-0.25, -0.2) is 4.57 Å². The molecule has 88 valence electrons. The van der Waals surface area contributed by atoms with Crippen molar-refractivity contribution >= 4 is 13.6 Å². The molecule has 0 spiro atoms. The lowest BCUT2D eigenvalue weighted by atomic mass is 10.4. The van der Waals surface area contributed by atoms with Crippen LogP contribution in [0.2, 0.25) is 0 Å². The molecule has 6 heteroatoms. The third-order valence-electron chi connectivity index (χ3n) is 2.21. The van der Waals surface area contributed by atoms with Crippen LogP contribution in [0.5, 0.6) is 0 Å². The summed E-state index contributed by atoms with van der Waals surface area (Å²) in [6, 6.07) is 0. The number of rotatable bonds is 5. The molecule has 1 fully saturated rings. The van der Waals surface area contributed by atoms with E-state index in [-0.39, 0.29) is 0 Å². The molecule has 0 saturated carbocycles. The van der Waals surface area contributed by atoms with Crippen LogP contribution in [0.4, 0.5) is 0 Å². The SMILES string of the molecule is CCOP(=O)(OCC)N1CCCC1=NC. The van der Waals surface area contributed by atoms with E-state index < -0.39 is 7.75 Å². The molecule has 0 radical (unpaired) electrons. The zero-order valence-electron chi connectivity index (χ0n) is 9.60. The molecule has 0 aromatic heterocycles. The number of hydrogen-bond donors (Lipinski definition) is 0. The Kier molecular flexibility index (Phi) is 4.77. The monoisotopic (exact) mass is 234 g/mol. The normalized spacial score (nSPS) is 20.2. The van der Waals surface area contributed by atoms with Crippen LogP contribution < -0.4 is 0 Å². The lowest BCUT2D eigenvalue weighted by molar-refractivity contribution is 0.191. The fourth-order valence-electron chi connectivity index (χ4n) is 1.64. The first-order valence-corrected chi connectivity index (χ1v) is 6.80. The highest BCUT2D eigenvalue weighted by atomic mass is 31.2. The van der Waals surface area contributed by atoms with Gasteiger partial charge in [-0.15, -0.1) is 0 Å². The molecular formula is C9H19N2O3P. The van der Waals surface area contributed by atoms with Crippen molar-refractivity contribution in [1.29, 1.82) is 0 Å². The Labute approximate surface area is 91.1 Å². The van der Waals surface area contributed by atoms with Gasteiger partial charge in [-0.1, -0.05) is 0 Å². The largest absolute Gasteiger partial charge is 0.436 e. The summed E-state index contributed by atoms with van der Waals surface area (Å²) in [5.41, 5.74) is 0. The van der Waals surface area contributed by atoms with Crippen molar-refractivity contribution in [3.8, 4) is 0 Å². The summed E-state index contributed by atoms with van der Waals surface area (Å²) < 4.78 is 24.6. The van der Waals surface area contributed by atoms with Crippen LogP contribution in [0.1, 0.15) is 26.7 Å². The van der Waals surface area contributed by atoms with Crippen molar-refractivity contribution in [3.05, 3.63) is 0 Å². The van der Waals surface area contributed by atoms with Crippen LogP contribution >= 0.6 is 7.75 Å². The summed E-state index contributed by atoms with van der Waals surface area (Å²) in [6.45, 7) is 5.08. The summed E-state index contributed by atoms with van der Waals surface area (Å²) >= 11 is 0. The number of nitrogens with zero attached hydrogens (tertiary/aromatic N) is 2. The average Bonchev–Trinajstić information content (AvgIpc) is 2.66. The van der Waals surface area contributed by atoms with Crippen molar-refractivity contribution in [3.63, 3.8) is 0 Å². The Morgan fingerprint density at radius 3 is 2.47 bits per heavy atom. The minimum absolute atomic E-state index is 0.380. The molecular weight excluding hydrogens is 215 g/mol. The fraction of sp³-hybridized carbons (Fsp3) is 0.889. The molecule has 5 nitrogen and oxygen atoms in total. The maximum Gasteiger partial charge on any atom is 0.436 e. The Morgan fingerprint density at radius 1 is 1.40 bits per heavy atom. The maximum absolute atomic E-state index is 12.4. The van der Waals surface area contributed by atoms with Gasteiger partial charge in [-0.05, 0) is 20.3 Å². The predicted octanol–water partition coefficient (Wildman–Crippen LogP) is 2.29. The number of amidine groups is 1. The number of hydrogen-bond acceptors (Lipinski definition) is 4. The molecule has 15 heavy (non-hydrogen) atoms. The Morgan fingerprint density at radius 2 is 2.00 bits per heavy atom. The minimum Gasteiger partial charge on any atom is -0.292 e. The molecule has 1 heterocycles. The van der Waals surface area contributed by atoms with Crippen LogP contribution in [-0.4, -0.2) is 37.3 Å². The van der Waals surface area contributed by atoms with E-state index in [1.165, 1.54) is 0 Å². The molecule has 1 aliphatic heterocycles. The van der Waals surface area contributed by atoms with E-state index >= 15 is 0 Å². The summed E-state index contributed by atoms with van der Waals surface area (Å²) in [5, 5.41) is 0. The highest BCUT2D eigenvalue weighted by Crippen LogP contribution is 2.53. The van der Waals surface area contributed by atoms with Gasteiger partial charge in [0.2, 0.25) is 0 Å². The van der Waals surface area contributed by atoms with Gasteiger partial charge in [0, 0.05) is 20.0 Å². The van der Waals surface area contributed by atoms with Crippen molar-refractivity contribution in [2.75, 3.05) is 26.8 Å². The highest BCUT2D eigenvalue weighted by molar-refractivity contribution is 7.52. The van der Waals surface area contributed by atoms with Gasteiger partial charge in [0.25, 0.3) is 0 Å². The van der Waals surface area contributed by atoms with Crippen molar-refractivity contribution < 1.29 is 13.6 Å². The summed E-state index contributed by atoms with van der Waals surface area (Å²) in [7, 11) is -1.43. The van der Waals surface area contributed by atoms with E-state index in [9.17, 15) is 4.57 Å². The molecule has 1 rings (SSSR count). The second-order valence-electron chi connectivity index (χ2n) is 3.17. The molecule has 0 N–H and O–H groups in total.